The van der Waals surface area contributed by atoms with Gasteiger partial charge in [0.25, 0.3) is 0 Å². The average molecular weight is 180 g/mol. The van der Waals surface area contributed by atoms with Gasteiger partial charge in [0.1, 0.15) is 0 Å². The third kappa shape index (κ3) is 1.62. The molecular weight excluding hydrogens is 164 g/mol. The number of hydrogen-bond donors (Lipinski definition) is 0. The molecule has 0 N–H and O–H groups in total. The molecule has 0 heterocycles. The lowest BCUT2D eigenvalue weighted by Gasteiger charge is -2.33. The highest BCUT2D eigenvalue weighted by Crippen LogP contribution is 2.50. The highest BCUT2D eigenvalue weighted by atomic mass is 16.5. The molecule has 2 saturated carbocycles. The summed E-state index contributed by atoms with van der Waals surface area (Å²) in [6.07, 6.45) is 6.86. The van der Waals surface area contributed by atoms with Gasteiger partial charge in [-0.15, -0.1) is 0 Å². The van der Waals surface area contributed by atoms with Crippen LogP contribution in [-0.2, 0) is 9.53 Å². The van der Waals surface area contributed by atoms with Gasteiger partial charge in [0.05, 0.1) is 6.61 Å². The van der Waals surface area contributed by atoms with E-state index in [0.717, 1.165) is 18.3 Å². The summed E-state index contributed by atoms with van der Waals surface area (Å²) in [4.78, 5) is 11.1. The van der Waals surface area contributed by atoms with Crippen molar-refractivity contribution < 1.29 is 9.53 Å². The van der Waals surface area contributed by atoms with Gasteiger partial charge in [-0.3, -0.25) is 0 Å². The molecule has 2 heteroatoms. The molecule has 0 radical (unpaired) electrons. The minimum absolute atomic E-state index is 0.150. The first-order valence-electron chi connectivity index (χ1n) is 5.18. The maximum absolute atomic E-state index is 11.1. The molecule has 72 valence electrons. The highest BCUT2D eigenvalue weighted by molar-refractivity contribution is 5.83. The minimum atomic E-state index is -0.150. The Balaban J connectivity index is 1.91. The molecular formula is C11H16O2. The van der Waals surface area contributed by atoms with E-state index >= 15 is 0 Å². The van der Waals surface area contributed by atoms with Crippen molar-refractivity contribution in [1.29, 1.82) is 0 Å². The lowest BCUT2D eigenvalue weighted by Crippen LogP contribution is -2.24. The molecule has 0 unspecified atom stereocenters. The van der Waals surface area contributed by atoms with Crippen LogP contribution in [0.15, 0.2) is 11.6 Å². The van der Waals surface area contributed by atoms with E-state index in [4.69, 9.17) is 4.74 Å². The number of carbonyl (C=O) groups excluding carboxylic acids is 1. The molecule has 0 aromatic heterocycles. The SMILES string of the molecule is CCOC(=O)/C=C1\C[C@H]2CCC[C@H]12. The summed E-state index contributed by atoms with van der Waals surface area (Å²) in [6.45, 7) is 2.33. The summed E-state index contributed by atoms with van der Waals surface area (Å²) in [7, 11) is 0. The molecule has 13 heavy (non-hydrogen) atoms. The van der Waals surface area contributed by atoms with Crippen LogP contribution in [0.25, 0.3) is 0 Å². The predicted molar refractivity (Wildman–Crippen MR) is 50.2 cm³/mol. The van der Waals surface area contributed by atoms with E-state index in [1.165, 1.54) is 24.8 Å². The molecule has 0 amide bonds. The van der Waals surface area contributed by atoms with Gasteiger partial charge in [-0.25, -0.2) is 4.79 Å². The first kappa shape index (κ1) is 8.79. The van der Waals surface area contributed by atoms with Crippen molar-refractivity contribution in [2.45, 2.75) is 32.6 Å². The van der Waals surface area contributed by atoms with Gasteiger partial charge in [-0.05, 0) is 38.0 Å². The molecule has 2 fully saturated rings. The molecule has 2 aliphatic rings. The minimum Gasteiger partial charge on any atom is -0.463 e. The number of esters is 1. The second-order valence-electron chi connectivity index (χ2n) is 3.97. The van der Waals surface area contributed by atoms with Crippen LogP contribution in [-0.4, -0.2) is 12.6 Å². The molecule has 2 aliphatic carbocycles. The Bertz CT molecular complexity index is 242. The van der Waals surface area contributed by atoms with Gasteiger partial charge in [0.15, 0.2) is 0 Å². The largest absolute Gasteiger partial charge is 0.463 e. The van der Waals surface area contributed by atoms with Gasteiger partial charge in [-0.1, -0.05) is 12.0 Å². The van der Waals surface area contributed by atoms with Gasteiger partial charge in [-0.2, -0.15) is 0 Å². The second-order valence-corrected chi connectivity index (χ2v) is 3.97. The molecule has 2 nitrogen and oxygen atoms in total. The summed E-state index contributed by atoms with van der Waals surface area (Å²) >= 11 is 0. The van der Waals surface area contributed by atoms with Crippen LogP contribution in [0.4, 0.5) is 0 Å². The summed E-state index contributed by atoms with van der Waals surface area (Å²) in [5.74, 6) is 1.47. The fourth-order valence-corrected chi connectivity index (χ4v) is 2.56. The molecule has 0 aromatic rings. The van der Waals surface area contributed by atoms with Gasteiger partial charge >= 0.3 is 5.97 Å². The Labute approximate surface area is 79.0 Å². The van der Waals surface area contributed by atoms with Crippen LogP contribution < -0.4 is 0 Å². The van der Waals surface area contributed by atoms with E-state index in [9.17, 15) is 4.79 Å². The summed E-state index contributed by atoms with van der Waals surface area (Å²) in [5, 5.41) is 0. The van der Waals surface area contributed by atoms with Crippen molar-refractivity contribution in [3.05, 3.63) is 11.6 Å². The van der Waals surface area contributed by atoms with E-state index in [1.807, 2.05) is 6.92 Å². The molecule has 0 spiro atoms. The van der Waals surface area contributed by atoms with E-state index < -0.39 is 0 Å². The smallest absolute Gasteiger partial charge is 0.330 e. The Hall–Kier alpha value is -0.790. The van der Waals surface area contributed by atoms with Crippen LogP contribution in [0.3, 0.4) is 0 Å². The van der Waals surface area contributed by atoms with Crippen LogP contribution >= 0.6 is 0 Å². The standard InChI is InChI=1S/C11H16O2/c1-2-13-11(12)7-9-6-8-4-3-5-10(8)9/h7-8,10H,2-6H2,1H3/b9-7+/t8-,10+/m1/s1. The Morgan fingerprint density at radius 1 is 1.62 bits per heavy atom. The number of ether oxygens (including phenoxy) is 1. The third-order valence-corrected chi connectivity index (χ3v) is 3.22. The quantitative estimate of drug-likeness (QED) is 0.481. The second kappa shape index (κ2) is 3.52. The topological polar surface area (TPSA) is 26.3 Å². The van der Waals surface area contributed by atoms with Gasteiger partial charge < -0.3 is 4.74 Å². The zero-order valence-electron chi connectivity index (χ0n) is 8.08. The molecule has 0 aliphatic heterocycles. The summed E-state index contributed by atoms with van der Waals surface area (Å²) in [5.41, 5.74) is 1.33. The third-order valence-electron chi connectivity index (χ3n) is 3.22. The molecule has 2 rings (SSSR count). The first-order chi connectivity index (χ1) is 6.31. The van der Waals surface area contributed by atoms with E-state index in [0.29, 0.717) is 6.61 Å². The van der Waals surface area contributed by atoms with Crippen molar-refractivity contribution in [3.8, 4) is 0 Å². The van der Waals surface area contributed by atoms with Crippen molar-refractivity contribution in [2.75, 3.05) is 6.61 Å². The van der Waals surface area contributed by atoms with Crippen LogP contribution in [0.5, 0.6) is 0 Å². The molecule has 2 atom stereocenters. The van der Waals surface area contributed by atoms with Crippen LogP contribution in [0.2, 0.25) is 0 Å². The van der Waals surface area contributed by atoms with Crippen LogP contribution in [0.1, 0.15) is 32.6 Å². The maximum Gasteiger partial charge on any atom is 0.330 e. The Morgan fingerprint density at radius 2 is 2.46 bits per heavy atom. The zero-order chi connectivity index (χ0) is 9.26. The first-order valence-corrected chi connectivity index (χ1v) is 5.18. The molecule has 0 aromatic carbocycles. The summed E-state index contributed by atoms with van der Waals surface area (Å²) < 4.78 is 4.88. The average Bonchev–Trinajstić information content (AvgIpc) is 2.43. The van der Waals surface area contributed by atoms with Gasteiger partial charge in [0.2, 0.25) is 0 Å². The van der Waals surface area contributed by atoms with Crippen LogP contribution in [0, 0.1) is 11.8 Å². The lowest BCUT2D eigenvalue weighted by atomic mass is 9.71. The fourth-order valence-electron chi connectivity index (χ4n) is 2.56. The number of fused-ring (bicyclic) bond motifs is 1. The van der Waals surface area contributed by atoms with E-state index in [-0.39, 0.29) is 5.97 Å². The number of rotatable bonds is 2. The number of hydrogen-bond acceptors (Lipinski definition) is 2. The molecule has 0 bridgehead atoms. The van der Waals surface area contributed by atoms with E-state index in [1.54, 1.807) is 6.08 Å². The number of carbonyl (C=O) groups is 1. The summed E-state index contributed by atoms with van der Waals surface area (Å²) in [6, 6.07) is 0. The van der Waals surface area contributed by atoms with Crippen molar-refractivity contribution in [2.24, 2.45) is 11.8 Å². The van der Waals surface area contributed by atoms with Crippen molar-refractivity contribution in [3.63, 3.8) is 0 Å². The number of allylic oxidation sites excluding steroid dienone is 1. The normalized spacial score (nSPS) is 34.1. The van der Waals surface area contributed by atoms with Gasteiger partial charge in [0, 0.05) is 6.08 Å². The highest BCUT2D eigenvalue weighted by Gasteiger charge is 2.39. The fraction of sp³-hybridized carbons (Fsp3) is 0.727. The monoisotopic (exact) mass is 180 g/mol. The predicted octanol–water partition coefficient (Wildman–Crippen LogP) is 2.30. The Morgan fingerprint density at radius 3 is 3.15 bits per heavy atom. The van der Waals surface area contributed by atoms with Crippen molar-refractivity contribution in [1.82, 2.24) is 0 Å². The molecule has 0 saturated heterocycles. The lowest BCUT2D eigenvalue weighted by molar-refractivity contribution is -0.137. The van der Waals surface area contributed by atoms with Crippen molar-refractivity contribution >= 4 is 5.97 Å². The maximum atomic E-state index is 11.1. The zero-order valence-corrected chi connectivity index (χ0v) is 8.08. The Kier molecular flexibility index (Phi) is 2.38. The van der Waals surface area contributed by atoms with E-state index in [2.05, 4.69) is 0 Å².